The third-order valence-electron chi connectivity index (χ3n) is 4.45. The highest BCUT2D eigenvalue weighted by Crippen LogP contribution is 2.37. The van der Waals surface area contributed by atoms with Crippen LogP contribution in [0.2, 0.25) is 4.34 Å². The highest BCUT2D eigenvalue weighted by molar-refractivity contribution is 7.16. The van der Waals surface area contributed by atoms with Crippen LogP contribution in [0.3, 0.4) is 0 Å². The molecule has 0 saturated heterocycles. The molecular formula is C17H22ClNOS. The van der Waals surface area contributed by atoms with Gasteiger partial charge in [-0.2, -0.15) is 0 Å². The molecule has 114 valence electrons. The maximum Gasteiger partial charge on any atom is 0.126 e. The summed E-state index contributed by atoms with van der Waals surface area (Å²) in [7, 11) is 0. The second-order valence-electron chi connectivity index (χ2n) is 6.70. The van der Waals surface area contributed by atoms with Crippen molar-refractivity contribution >= 4 is 22.9 Å². The lowest BCUT2D eigenvalue weighted by molar-refractivity contribution is 0.199. The maximum atomic E-state index is 6.11. The fourth-order valence-electron chi connectivity index (χ4n) is 3.05. The molecule has 0 spiro atoms. The predicted molar refractivity (Wildman–Crippen MR) is 89.1 cm³/mol. The Labute approximate surface area is 135 Å². The SMILES string of the molecule is CC1(C)CCC(NC(c2ccco2)c2ccc(Cl)s2)CC1. The second-order valence-corrected chi connectivity index (χ2v) is 8.44. The van der Waals surface area contributed by atoms with Crippen LogP contribution in [0.25, 0.3) is 0 Å². The molecule has 1 aliphatic rings. The minimum Gasteiger partial charge on any atom is -0.467 e. The predicted octanol–water partition coefficient (Wildman–Crippen LogP) is 5.64. The van der Waals surface area contributed by atoms with E-state index in [0.717, 1.165) is 10.1 Å². The average Bonchev–Trinajstić information content (AvgIpc) is 3.09. The van der Waals surface area contributed by atoms with Gasteiger partial charge in [0.15, 0.2) is 0 Å². The molecule has 1 N–H and O–H groups in total. The van der Waals surface area contributed by atoms with Crippen LogP contribution in [-0.2, 0) is 0 Å². The Balaban J connectivity index is 1.75. The molecule has 0 radical (unpaired) electrons. The van der Waals surface area contributed by atoms with E-state index in [1.54, 1.807) is 17.6 Å². The van der Waals surface area contributed by atoms with Gasteiger partial charge in [-0.15, -0.1) is 11.3 Å². The van der Waals surface area contributed by atoms with Gasteiger partial charge < -0.3 is 9.73 Å². The highest BCUT2D eigenvalue weighted by Gasteiger charge is 2.29. The number of halogens is 1. The van der Waals surface area contributed by atoms with Gasteiger partial charge in [0.05, 0.1) is 10.6 Å². The van der Waals surface area contributed by atoms with Crippen molar-refractivity contribution < 1.29 is 4.42 Å². The Morgan fingerprint density at radius 1 is 1.29 bits per heavy atom. The Morgan fingerprint density at radius 2 is 2.05 bits per heavy atom. The van der Waals surface area contributed by atoms with Crippen molar-refractivity contribution in [3.8, 4) is 0 Å². The zero-order chi connectivity index (χ0) is 14.9. The Hall–Kier alpha value is -0.770. The van der Waals surface area contributed by atoms with Crippen molar-refractivity contribution in [3.63, 3.8) is 0 Å². The van der Waals surface area contributed by atoms with Crippen LogP contribution in [-0.4, -0.2) is 6.04 Å². The minimum atomic E-state index is 0.115. The number of thiophene rings is 1. The molecule has 1 unspecified atom stereocenters. The molecule has 3 rings (SSSR count). The molecular weight excluding hydrogens is 302 g/mol. The first-order chi connectivity index (χ1) is 10.0. The molecule has 21 heavy (non-hydrogen) atoms. The summed E-state index contributed by atoms with van der Waals surface area (Å²) in [6.45, 7) is 4.73. The monoisotopic (exact) mass is 323 g/mol. The molecule has 0 amide bonds. The van der Waals surface area contributed by atoms with Crippen molar-refractivity contribution in [2.75, 3.05) is 0 Å². The largest absolute Gasteiger partial charge is 0.467 e. The molecule has 1 fully saturated rings. The van der Waals surface area contributed by atoms with Gasteiger partial charge in [-0.3, -0.25) is 0 Å². The number of furan rings is 1. The lowest BCUT2D eigenvalue weighted by Gasteiger charge is -2.36. The summed E-state index contributed by atoms with van der Waals surface area (Å²) >= 11 is 7.73. The van der Waals surface area contributed by atoms with Crippen molar-refractivity contribution in [2.24, 2.45) is 5.41 Å². The topological polar surface area (TPSA) is 25.2 Å². The van der Waals surface area contributed by atoms with E-state index in [-0.39, 0.29) is 6.04 Å². The lowest BCUT2D eigenvalue weighted by atomic mass is 9.75. The van der Waals surface area contributed by atoms with Gasteiger partial charge in [0, 0.05) is 10.9 Å². The Bertz CT molecular complexity index is 565. The van der Waals surface area contributed by atoms with E-state index in [2.05, 4.69) is 25.2 Å². The van der Waals surface area contributed by atoms with Crippen molar-refractivity contribution in [3.05, 3.63) is 45.5 Å². The van der Waals surface area contributed by atoms with Gasteiger partial charge in [0.25, 0.3) is 0 Å². The first kappa shape index (κ1) is 15.1. The highest BCUT2D eigenvalue weighted by atomic mass is 35.5. The van der Waals surface area contributed by atoms with Gasteiger partial charge in [0.1, 0.15) is 11.8 Å². The molecule has 1 aliphatic carbocycles. The van der Waals surface area contributed by atoms with Gasteiger partial charge in [-0.1, -0.05) is 25.4 Å². The number of rotatable bonds is 4. The summed E-state index contributed by atoms with van der Waals surface area (Å²) in [5.74, 6) is 0.971. The van der Waals surface area contributed by atoms with E-state index in [9.17, 15) is 0 Å². The average molecular weight is 324 g/mol. The number of hydrogen-bond donors (Lipinski definition) is 1. The van der Waals surface area contributed by atoms with Crippen molar-refractivity contribution in [1.29, 1.82) is 0 Å². The first-order valence-corrected chi connectivity index (χ1v) is 8.78. The van der Waals surface area contributed by atoms with E-state index in [1.165, 1.54) is 30.6 Å². The third kappa shape index (κ3) is 3.71. The van der Waals surface area contributed by atoms with E-state index < -0.39 is 0 Å². The maximum absolute atomic E-state index is 6.11. The van der Waals surface area contributed by atoms with Crippen LogP contribution in [0, 0.1) is 5.41 Å². The molecule has 0 bridgehead atoms. The number of nitrogens with one attached hydrogen (secondary N) is 1. The van der Waals surface area contributed by atoms with Crippen LogP contribution in [0.5, 0.6) is 0 Å². The summed E-state index contributed by atoms with van der Waals surface area (Å²) in [6, 6.07) is 8.71. The summed E-state index contributed by atoms with van der Waals surface area (Å²) in [5.41, 5.74) is 0.491. The summed E-state index contributed by atoms with van der Waals surface area (Å²) < 4.78 is 6.47. The number of hydrogen-bond acceptors (Lipinski definition) is 3. The molecule has 1 saturated carbocycles. The van der Waals surface area contributed by atoms with Crippen LogP contribution in [0.4, 0.5) is 0 Å². The van der Waals surface area contributed by atoms with Crippen LogP contribution in [0.1, 0.15) is 56.2 Å². The van der Waals surface area contributed by atoms with E-state index >= 15 is 0 Å². The molecule has 1 atom stereocenters. The van der Waals surface area contributed by atoms with Gasteiger partial charge >= 0.3 is 0 Å². The van der Waals surface area contributed by atoms with Gasteiger partial charge in [0.2, 0.25) is 0 Å². The Kier molecular flexibility index (Phi) is 4.43. The molecule has 2 aromatic heterocycles. The Morgan fingerprint density at radius 3 is 2.62 bits per heavy atom. The molecule has 2 nitrogen and oxygen atoms in total. The summed E-state index contributed by atoms with van der Waals surface area (Å²) in [4.78, 5) is 1.22. The fraction of sp³-hybridized carbons (Fsp3) is 0.529. The molecule has 0 aromatic carbocycles. The van der Waals surface area contributed by atoms with Crippen molar-refractivity contribution in [2.45, 2.75) is 51.6 Å². The molecule has 4 heteroatoms. The smallest absolute Gasteiger partial charge is 0.126 e. The quantitative estimate of drug-likeness (QED) is 0.787. The summed E-state index contributed by atoms with van der Waals surface area (Å²) in [5, 5.41) is 3.78. The molecule has 2 heterocycles. The minimum absolute atomic E-state index is 0.115. The molecule has 0 aliphatic heterocycles. The van der Waals surface area contributed by atoms with E-state index in [0.29, 0.717) is 11.5 Å². The lowest BCUT2D eigenvalue weighted by Crippen LogP contribution is -2.37. The van der Waals surface area contributed by atoms with Gasteiger partial charge in [-0.05, 0) is 55.4 Å². The van der Waals surface area contributed by atoms with Crippen LogP contribution in [0.15, 0.2) is 34.9 Å². The first-order valence-electron chi connectivity index (χ1n) is 7.58. The van der Waals surface area contributed by atoms with Crippen LogP contribution < -0.4 is 5.32 Å². The summed E-state index contributed by atoms with van der Waals surface area (Å²) in [6.07, 6.45) is 6.75. The second kappa shape index (κ2) is 6.15. The van der Waals surface area contributed by atoms with Crippen molar-refractivity contribution in [1.82, 2.24) is 5.32 Å². The normalized spacial score (nSPS) is 20.5. The third-order valence-corrected chi connectivity index (χ3v) is 5.74. The van der Waals surface area contributed by atoms with Gasteiger partial charge in [-0.25, -0.2) is 0 Å². The fourth-order valence-corrected chi connectivity index (χ4v) is 4.17. The zero-order valence-corrected chi connectivity index (χ0v) is 14.1. The molecule has 2 aromatic rings. The standard InChI is InChI=1S/C17H22ClNOS/c1-17(2)9-7-12(8-10-17)19-16(13-4-3-11-20-13)14-5-6-15(18)21-14/h3-6,11-12,16,19H,7-10H2,1-2H3. The van der Waals surface area contributed by atoms with E-state index in [1.807, 2.05) is 18.2 Å². The zero-order valence-electron chi connectivity index (χ0n) is 12.6. The van der Waals surface area contributed by atoms with E-state index in [4.69, 9.17) is 16.0 Å². The van der Waals surface area contributed by atoms with Crippen LogP contribution >= 0.6 is 22.9 Å².